The second kappa shape index (κ2) is 6.33. The number of carbonyl (C=O) groups excluding carboxylic acids is 1. The molecular formula is C16H25BrN2O. The van der Waals surface area contributed by atoms with E-state index < -0.39 is 0 Å². The zero-order valence-corrected chi connectivity index (χ0v) is 14.2. The lowest BCUT2D eigenvalue weighted by Crippen LogP contribution is -2.40. The average molecular weight is 341 g/mol. The van der Waals surface area contributed by atoms with Crippen molar-refractivity contribution in [3.05, 3.63) is 22.4 Å². The van der Waals surface area contributed by atoms with Crippen LogP contribution in [0.4, 0.5) is 0 Å². The lowest BCUT2D eigenvalue weighted by Gasteiger charge is -2.39. The van der Waals surface area contributed by atoms with Crippen molar-refractivity contribution < 1.29 is 4.79 Å². The van der Waals surface area contributed by atoms with Gasteiger partial charge < -0.3 is 10.3 Å². The number of hydrogen-bond acceptors (Lipinski definition) is 1. The van der Waals surface area contributed by atoms with Crippen molar-refractivity contribution in [3.8, 4) is 0 Å². The van der Waals surface area contributed by atoms with Crippen molar-refractivity contribution in [1.82, 2.24) is 10.3 Å². The molecule has 1 saturated carbocycles. The van der Waals surface area contributed by atoms with Gasteiger partial charge in [-0.2, -0.15) is 0 Å². The lowest BCUT2D eigenvalue weighted by atomic mass is 9.69. The maximum Gasteiger partial charge on any atom is 0.267 e. The van der Waals surface area contributed by atoms with Gasteiger partial charge in [0.15, 0.2) is 0 Å². The first-order valence-corrected chi connectivity index (χ1v) is 8.36. The SMILES string of the molecule is CCC(C)(C)C1CCC(NC(=O)c2cc(Br)c[nH]2)CC1. The molecule has 1 amide bonds. The van der Waals surface area contributed by atoms with Crippen LogP contribution in [0.5, 0.6) is 0 Å². The molecule has 0 saturated heterocycles. The number of nitrogens with one attached hydrogen (secondary N) is 2. The smallest absolute Gasteiger partial charge is 0.267 e. The molecular weight excluding hydrogens is 316 g/mol. The number of aromatic nitrogens is 1. The highest BCUT2D eigenvalue weighted by Gasteiger charge is 2.32. The zero-order valence-electron chi connectivity index (χ0n) is 12.6. The summed E-state index contributed by atoms with van der Waals surface area (Å²) in [5.41, 5.74) is 1.06. The number of halogens is 1. The molecule has 0 bridgehead atoms. The quantitative estimate of drug-likeness (QED) is 0.832. The van der Waals surface area contributed by atoms with E-state index >= 15 is 0 Å². The monoisotopic (exact) mass is 340 g/mol. The number of carbonyl (C=O) groups is 1. The van der Waals surface area contributed by atoms with Crippen LogP contribution in [0.25, 0.3) is 0 Å². The maximum absolute atomic E-state index is 12.1. The van der Waals surface area contributed by atoms with Crippen LogP contribution in [0.15, 0.2) is 16.7 Å². The van der Waals surface area contributed by atoms with Gasteiger partial charge in [-0.15, -0.1) is 0 Å². The van der Waals surface area contributed by atoms with Crippen molar-refractivity contribution >= 4 is 21.8 Å². The summed E-state index contributed by atoms with van der Waals surface area (Å²) in [6.45, 7) is 7.01. The molecule has 112 valence electrons. The van der Waals surface area contributed by atoms with Crippen LogP contribution >= 0.6 is 15.9 Å². The van der Waals surface area contributed by atoms with Crippen molar-refractivity contribution in [1.29, 1.82) is 0 Å². The lowest BCUT2D eigenvalue weighted by molar-refractivity contribution is 0.0889. The first-order valence-electron chi connectivity index (χ1n) is 7.57. The molecule has 0 atom stereocenters. The number of amides is 1. The highest BCUT2D eigenvalue weighted by molar-refractivity contribution is 9.10. The standard InChI is InChI=1S/C16H25BrN2O/c1-4-16(2,3)11-5-7-13(8-6-11)19-15(20)14-9-12(17)10-18-14/h9-11,13,18H,4-8H2,1-3H3,(H,19,20). The topological polar surface area (TPSA) is 44.9 Å². The molecule has 0 aromatic carbocycles. The number of hydrogen-bond donors (Lipinski definition) is 2. The highest BCUT2D eigenvalue weighted by Crippen LogP contribution is 2.40. The minimum Gasteiger partial charge on any atom is -0.356 e. The molecule has 1 aliphatic rings. The summed E-state index contributed by atoms with van der Waals surface area (Å²) in [6, 6.07) is 2.15. The molecule has 4 heteroatoms. The van der Waals surface area contributed by atoms with E-state index in [2.05, 4.69) is 47.0 Å². The molecule has 1 heterocycles. The highest BCUT2D eigenvalue weighted by atomic mass is 79.9. The van der Waals surface area contributed by atoms with Crippen LogP contribution in [0, 0.1) is 11.3 Å². The van der Waals surface area contributed by atoms with E-state index in [4.69, 9.17) is 0 Å². The normalized spacial score (nSPS) is 23.6. The van der Waals surface area contributed by atoms with Crippen molar-refractivity contribution in [3.63, 3.8) is 0 Å². The van der Waals surface area contributed by atoms with Gasteiger partial charge >= 0.3 is 0 Å². The van der Waals surface area contributed by atoms with E-state index in [1.165, 1.54) is 19.3 Å². The Hall–Kier alpha value is -0.770. The average Bonchev–Trinajstić information content (AvgIpc) is 2.86. The van der Waals surface area contributed by atoms with Gasteiger partial charge in [0.1, 0.15) is 5.69 Å². The van der Waals surface area contributed by atoms with Gasteiger partial charge in [-0.3, -0.25) is 4.79 Å². The molecule has 2 N–H and O–H groups in total. The van der Waals surface area contributed by atoms with E-state index in [9.17, 15) is 4.79 Å². The Morgan fingerprint density at radius 3 is 2.55 bits per heavy atom. The number of aromatic amines is 1. The Balaban J connectivity index is 1.84. The minimum atomic E-state index is 0.00824. The molecule has 1 aromatic rings. The van der Waals surface area contributed by atoms with Gasteiger partial charge in [0.25, 0.3) is 5.91 Å². The van der Waals surface area contributed by atoms with E-state index in [-0.39, 0.29) is 5.91 Å². The molecule has 0 unspecified atom stereocenters. The van der Waals surface area contributed by atoms with Crippen LogP contribution < -0.4 is 5.32 Å². The van der Waals surface area contributed by atoms with E-state index in [1.807, 2.05) is 6.07 Å². The van der Waals surface area contributed by atoms with Gasteiger partial charge in [0.05, 0.1) is 0 Å². The third kappa shape index (κ3) is 3.66. The summed E-state index contributed by atoms with van der Waals surface area (Å²) in [4.78, 5) is 15.1. The Bertz CT molecular complexity index is 459. The summed E-state index contributed by atoms with van der Waals surface area (Å²) in [5, 5.41) is 3.15. The van der Waals surface area contributed by atoms with Crippen molar-refractivity contribution in [2.75, 3.05) is 0 Å². The Morgan fingerprint density at radius 2 is 2.05 bits per heavy atom. The predicted octanol–water partition coefficient (Wildman–Crippen LogP) is 4.50. The molecule has 0 radical (unpaired) electrons. The van der Waals surface area contributed by atoms with Gasteiger partial charge in [0, 0.05) is 16.7 Å². The summed E-state index contributed by atoms with van der Waals surface area (Å²) in [7, 11) is 0. The zero-order chi connectivity index (χ0) is 14.8. The molecule has 0 spiro atoms. The fraction of sp³-hybridized carbons (Fsp3) is 0.688. The summed E-state index contributed by atoms with van der Waals surface area (Å²) in [6.07, 6.45) is 7.66. The van der Waals surface area contributed by atoms with Crippen LogP contribution in [0.3, 0.4) is 0 Å². The maximum atomic E-state index is 12.1. The van der Waals surface area contributed by atoms with E-state index in [0.29, 0.717) is 17.2 Å². The first kappa shape index (κ1) is 15.6. The van der Waals surface area contributed by atoms with E-state index in [1.54, 1.807) is 6.20 Å². The van der Waals surface area contributed by atoms with Gasteiger partial charge in [0.2, 0.25) is 0 Å². The second-order valence-electron chi connectivity index (χ2n) is 6.60. The third-order valence-electron chi connectivity index (χ3n) is 4.97. The van der Waals surface area contributed by atoms with Gasteiger partial charge in [-0.25, -0.2) is 0 Å². The predicted molar refractivity (Wildman–Crippen MR) is 85.8 cm³/mol. The minimum absolute atomic E-state index is 0.00824. The van der Waals surface area contributed by atoms with Crippen LogP contribution in [0.1, 0.15) is 63.4 Å². The van der Waals surface area contributed by atoms with Crippen LogP contribution in [-0.2, 0) is 0 Å². The second-order valence-corrected chi connectivity index (χ2v) is 7.51. The molecule has 20 heavy (non-hydrogen) atoms. The number of H-pyrrole nitrogens is 1. The Kier molecular flexibility index (Phi) is 4.95. The molecule has 0 aliphatic heterocycles. The van der Waals surface area contributed by atoms with Gasteiger partial charge in [-0.05, 0) is 59.0 Å². The molecule has 2 rings (SSSR count). The molecule has 1 aromatic heterocycles. The molecule has 1 aliphatic carbocycles. The van der Waals surface area contributed by atoms with Crippen LogP contribution in [0.2, 0.25) is 0 Å². The Labute approximate surface area is 130 Å². The van der Waals surface area contributed by atoms with Crippen molar-refractivity contribution in [2.24, 2.45) is 11.3 Å². The van der Waals surface area contributed by atoms with Crippen LogP contribution in [-0.4, -0.2) is 16.9 Å². The Morgan fingerprint density at radius 1 is 1.40 bits per heavy atom. The first-order chi connectivity index (χ1) is 9.42. The third-order valence-corrected chi connectivity index (χ3v) is 5.43. The summed E-state index contributed by atoms with van der Waals surface area (Å²) in [5.74, 6) is 0.800. The summed E-state index contributed by atoms with van der Waals surface area (Å²) < 4.78 is 0.913. The molecule has 1 fully saturated rings. The largest absolute Gasteiger partial charge is 0.356 e. The summed E-state index contributed by atoms with van der Waals surface area (Å²) >= 11 is 3.35. The van der Waals surface area contributed by atoms with Gasteiger partial charge in [-0.1, -0.05) is 27.2 Å². The molecule has 3 nitrogen and oxygen atoms in total. The van der Waals surface area contributed by atoms with Crippen molar-refractivity contribution in [2.45, 2.75) is 58.9 Å². The fourth-order valence-corrected chi connectivity index (χ4v) is 3.41. The number of rotatable bonds is 4. The van der Waals surface area contributed by atoms with E-state index in [0.717, 1.165) is 23.2 Å². The fourth-order valence-electron chi connectivity index (χ4n) is 3.07.